The Labute approximate surface area is 123 Å². The van der Waals surface area contributed by atoms with E-state index in [1.54, 1.807) is 18.3 Å². The lowest BCUT2D eigenvalue weighted by Crippen LogP contribution is -2.00. The normalized spacial score (nSPS) is 10.4. The number of rotatable bonds is 3. The van der Waals surface area contributed by atoms with Gasteiger partial charge in [0.15, 0.2) is 0 Å². The molecule has 1 aromatic carbocycles. The monoisotopic (exact) mass is 346 g/mol. The van der Waals surface area contributed by atoms with Crippen LogP contribution in [0.2, 0.25) is 10.0 Å². The maximum Gasteiger partial charge on any atom is 0.144 e. The Bertz CT molecular complexity index is 561. The summed E-state index contributed by atoms with van der Waals surface area (Å²) in [6.07, 6.45) is 1.71. The van der Waals surface area contributed by atoms with E-state index in [0.717, 1.165) is 10.2 Å². The number of ether oxygens (including phenoxy) is 1. The molecule has 2 N–H and O–H groups in total. The Morgan fingerprint density at radius 1 is 1.22 bits per heavy atom. The van der Waals surface area contributed by atoms with Crippen LogP contribution in [0.4, 0.5) is 5.69 Å². The van der Waals surface area contributed by atoms with Gasteiger partial charge in [-0.1, -0.05) is 23.2 Å². The molecule has 0 saturated heterocycles. The van der Waals surface area contributed by atoms with E-state index in [1.807, 2.05) is 12.1 Å². The number of hydrogen-bond donors (Lipinski definition) is 1. The van der Waals surface area contributed by atoms with Gasteiger partial charge in [0.1, 0.15) is 12.4 Å². The van der Waals surface area contributed by atoms with Gasteiger partial charge in [-0.05, 0) is 34.1 Å². The summed E-state index contributed by atoms with van der Waals surface area (Å²) in [6.45, 7) is 0.315. The molecule has 0 bridgehead atoms. The number of anilines is 1. The van der Waals surface area contributed by atoms with Gasteiger partial charge >= 0.3 is 0 Å². The minimum atomic E-state index is 0.315. The highest BCUT2D eigenvalue weighted by Gasteiger charge is 2.06. The number of nitrogens with two attached hydrogens (primary N) is 1. The molecule has 6 heteroatoms. The van der Waals surface area contributed by atoms with Crippen molar-refractivity contribution in [2.24, 2.45) is 0 Å². The summed E-state index contributed by atoms with van der Waals surface area (Å²) in [5.74, 6) is 0.495. The summed E-state index contributed by atoms with van der Waals surface area (Å²) >= 11 is 15.0. The van der Waals surface area contributed by atoms with Gasteiger partial charge in [-0.25, -0.2) is 0 Å². The number of benzene rings is 1. The third-order valence-electron chi connectivity index (χ3n) is 2.22. The van der Waals surface area contributed by atoms with Gasteiger partial charge in [-0.2, -0.15) is 0 Å². The van der Waals surface area contributed by atoms with Crippen molar-refractivity contribution in [2.75, 3.05) is 5.73 Å². The quantitative estimate of drug-likeness (QED) is 0.841. The van der Waals surface area contributed by atoms with Gasteiger partial charge in [0, 0.05) is 16.7 Å². The molecular formula is C12H9BrCl2N2O. The second kappa shape index (κ2) is 5.78. The van der Waals surface area contributed by atoms with Gasteiger partial charge in [-0.15, -0.1) is 0 Å². The van der Waals surface area contributed by atoms with Crippen LogP contribution in [0, 0.1) is 0 Å². The highest BCUT2D eigenvalue weighted by atomic mass is 79.9. The van der Waals surface area contributed by atoms with Crippen molar-refractivity contribution in [3.63, 3.8) is 0 Å². The fourth-order valence-electron chi connectivity index (χ4n) is 1.31. The fraction of sp³-hybridized carbons (Fsp3) is 0.0833. The molecule has 2 aromatic rings. The summed E-state index contributed by atoms with van der Waals surface area (Å²) in [6, 6.07) is 6.91. The maximum atomic E-state index is 5.90. The van der Waals surface area contributed by atoms with Crippen molar-refractivity contribution >= 4 is 44.8 Å². The fourth-order valence-corrected chi connectivity index (χ4v) is 1.87. The van der Waals surface area contributed by atoms with Crippen molar-refractivity contribution < 1.29 is 4.74 Å². The zero-order valence-electron chi connectivity index (χ0n) is 9.16. The predicted molar refractivity (Wildman–Crippen MR) is 77.1 cm³/mol. The molecule has 18 heavy (non-hydrogen) atoms. The molecule has 0 fully saturated rings. The lowest BCUT2D eigenvalue weighted by Gasteiger charge is -2.09. The molecule has 94 valence electrons. The molecule has 0 aliphatic heterocycles. The van der Waals surface area contributed by atoms with Crippen LogP contribution in [-0.4, -0.2) is 4.98 Å². The van der Waals surface area contributed by atoms with Crippen LogP contribution in [-0.2, 0) is 6.61 Å². The largest absolute Gasteiger partial charge is 0.485 e. The molecule has 1 heterocycles. The van der Waals surface area contributed by atoms with E-state index in [9.17, 15) is 0 Å². The number of nitrogens with zero attached hydrogens (tertiary/aromatic N) is 1. The first-order chi connectivity index (χ1) is 8.56. The van der Waals surface area contributed by atoms with E-state index in [4.69, 9.17) is 33.7 Å². The molecule has 0 aliphatic carbocycles. The van der Waals surface area contributed by atoms with E-state index in [0.29, 0.717) is 28.1 Å². The second-order valence-electron chi connectivity index (χ2n) is 3.56. The van der Waals surface area contributed by atoms with Crippen molar-refractivity contribution in [1.82, 2.24) is 4.98 Å². The molecule has 3 nitrogen and oxygen atoms in total. The van der Waals surface area contributed by atoms with Gasteiger partial charge < -0.3 is 10.5 Å². The topological polar surface area (TPSA) is 48.1 Å². The Hall–Kier alpha value is -0.970. The van der Waals surface area contributed by atoms with Crippen molar-refractivity contribution in [3.8, 4) is 5.75 Å². The SMILES string of the molecule is Nc1cc(Cl)c(Cl)cc1OCc1ccc(Br)cn1. The number of aromatic nitrogens is 1. The van der Waals surface area contributed by atoms with Crippen molar-refractivity contribution in [2.45, 2.75) is 6.61 Å². The van der Waals surface area contributed by atoms with Gasteiger partial charge in [0.2, 0.25) is 0 Å². The first-order valence-corrected chi connectivity index (χ1v) is 6.59. The van der Waals surface area contributed by atoms with Crippen LogP contribution in [0.3, 0.4) is 0 Å². The minimum Gasteiger partial charge on any atom is -0.485 e. The number of halogens is 3. The van der Waals surface area contributed by atoms with Gasteiger partial charge in [0.05, 0.1) is 21.4 Å². The number of nitrogen functional groups attached to an aromatic ring is 1. The van der Waals surface area contributed by atoms with E-state index in [1.165, 1.54) is 0 Å². The third kappa shape index (κ3) is 3.28. The molecular weight excluding hydrogens is 339 g/mol. The zero-order chi connectivity index (χ0) is 13.1. The van der Waals surface area contributed by atoms with Crippen LogP contribution in [0.1, 0.15) is 5.69 Å². The highest BCUT2D eigenvalue weighted by Crippen LogP contribution is 2.32. The number of pyridine rings is 1. The Morgan fingerprint density at radius 2 is 1.94 bits per heavy atom. The molecule has 0 atom stereocenters. The lowest BCUT2D eigenvalue weighted by atomic mass is 10.3. The first kappa shape index (κ1) is 13.5. The predicted octanol–water partition coefficient (Wildman–Crippen LogP) is 4.31. The molecule has 0 radical (unpaired) electrons. The molecule has 0 spiro atoms. The van der Waals surface area contributed by atoms with Crippen molar-refractivity contribution in [3.05, 3.63) is 50.7 Å². The summed E-state index contributed by atoms with van der Waals surface area (Å²) < 4.78 is 6.47. The minimum absolute atomic E-state index is 0.315. The standard InChI is InChI=1S/C12H9BrCl2N2O/c13-7-1-2-8(17-5-7)6-18-12-4-10(15)9(14)3-11(12)16/h1-5H,6,16H2. The average molecular weight is 348 g/mol. The molecule has 0 aliphatic rings. The van der Waals surface area contributed by atoms with Crippen LogP contribution < -0.4 is 10.5 Å². The summed E-state index contributed by atoms with van der Waals surface area (Å²) in [4.78, 5) is 4.19. The smallest absolute Gasteiger partial charge is 0.144 e. The van der Waals surface area contributed by atoms with Gasteiger partial charge in [0.25, 0.3) is 0 Å². The Morgan fingerprint density at radius 3 is 2.61 bits per heavy atom. The molecule has 0 unspecified atom stereocenters. The van der Waals surface area contributed by atoms with Crippen LogP contribution in [0.15, 0.2) is 34.9 Å². The maximum absolute atomic E-state index is 5.90. The van der Waals surface area contributed by atoms with Crippen LogP contribution in [0.25, 0.3) is 0 Å². The molecule has 1 aromatic heterocycles. The molecule has 0 saturated carbocycles. The van der Waals surface area contributed by atoms with Crippen LogP contribution in [0.5, 0.6) is 5.75 Å². The first-order valence-electron chi connectivity index (χ1n) is 5.04. The average Bonchev–Trinajstić information content (AvgIpc) is 2.34. The van der Waals surface area contributed by atoms with E-state index >= 15 is 0 Å². The summed E-state index contributed by atoms with van der Waals surface area (Å²) in [5, 5.41) is 0.813. The Balaban J connectivity index is 2.10. The number of hydrogen-bond acceptors (Lipinski definition) is 3. The van der Waals surface area contributed by atoms with E-state index < -0.39 is 0 Å². The van der Waals surface area contributed by atoms with Crippen LogP contribution >= 0.6 is 39.1 Å². The third-order valence-corrected chi connectivity index (χ3v) is 3.41. The van der Waals surface area contributed by atoms with Crippen molar-refractivity contribution in [1.29, 1.82) is 0 Å². The molecule has 2 rings (SSSR count). The highest BCUT2D eigenvalue weighted by molar-refractivity contribution is 9.10. The lowest BCUT2D eigenvalue weighted by molar-refractivity contribution is 0.303. The van der Waals surface area contributed by atoms with Gasteiger partial charge in [-0.3, -0.25) is 4.98 Å². The molecule has 0 amide bonds. The van der Waals surface area contributed by atoms with E-state index in [2.05, 4.69) is 20.9 Å². The Kier molecular flexibility index (Phi) is 4.32. The summed E-state index contributed by atoms with van der Waals surface area (Å²) in [5.41, 5.74) is 7.02. The zero-order valence-corrected chi connectivity index (χ0v) is 12.3. The van der Waals surface area contributed by atoms with E-state index in [-0.39, 0.29) is 0 Å². The second-order valence-corrected chi connectivity index (χ2v) is 5.29. The summed E-state index contributed by atoms with van der Waals surface area (Å²) in [7, 11) is 0.